The molecule has 2 aromatic rings. The number of amides is 2. The van der Waals surface area contributed by atoms with Gasteiger partial charge >= 0.3 is 5.97 Å². The summed E-state index contributed by atoms with van der Waals surface area (Å²) in [5.41, 5.74) is 1.51. The van der Waals surface area contributed by atoms with E-state index in [0.717, 1.165) is 10.5 Å². The van der Waals surface area contributed by atoms with Crippen LogP contribution in [-0.2, 0) is 14.3 Å². The van der Waals surface area contributed by atoms with Gasteiger partial charge in [-0.2, -0.15) is 0 Å². The molecule has 0 bridgehead atoms. The SMILES string of the molecule is CCOC(=O)c1ccccc1N1C(=O)C(Cl)=C(Nc2cc(C)ccc2OC)C1=O. The van der Waals surface area contributed by atoms with Crippen molar-refractivity contribution in [3.8, 4) is 5.75 Å². The molecule has 150 valence electrons. The minimum atomic E-state index is -0.734. The Hall–Kier alpha value is -3.32. The van der Waals surface area contributed by atoms with Gasteiger partial charge in [0.25, 0.3) is 11.8 Å². The van der Waals surface area contributed by atoms with Gasteiger partial charge in [0.2, 0.25) is 0 Å². The standard InChI is InChI=1S/C21H19ClN2O5/c1-4-29-21(27)13-7-5-6-8-15(13)24-19(25)17(22)18(20(24)26)23-14-11-12(2)9-10-16(14)28-3/h5-11,23H,4H2,1-3H3. The second-order valence-electron chi connectivity index (χ2n) is 6.20. The number of carbonyl (C=O) groups excluding carboxylic acids is 3. The molecule has 0 unspecified atom stereocenters. The van der Waals surface area contributed by atoms with Gasteiger partial charge in [0.1, 0.15) is 16.5 Å². The van der Waals surface area contributed by atoms with E-state index in [1.54, 1.807) is 31.2 Å². The molecule has 3 rings (SSSR count). The van der Waals surface area contributed by atoms with Gasteiger partial charge in [-0.05, 0) is 43.7 Å². The molecule has 1 aliphatic rings. The molecule has 0 spiro atoms. The minimum Gasteiger partial charge on any atom is -0.495 e. The topological polar surface area (TPSA) is 84.9 Å². The molecule has 0 saturated heterocycles. The number of rotatable bonds is 6. The molecule has 0 saturated carbocycles. The lowest BCUT2D eigenvalue weighted by Crippen LogP contribution is -2.33. The molecule has 0 radical (unpaired) electrons. The van der Waals surface area contributed by atoms with Crippen molar-refractivity contribution in [2.45, 2.75) is 13.8 Å². The lowest BCUT2D eigenvalue weighted by molar-refractivity contribution is -0.120. The first-order chi connectivity index (χ1) is 13.9. The van der Waals surface area contributed by atoms with Crippen LogP contribution in [0.5, 0.6) is 5.75 Å². The molecular weight excluding hydrogens is 396 g/mol. The quantitative estimate of drug-likeness (QED) is 0.574. The summed E-state index contributed by atoms with van der Waals surface area (Å²) in [5, 5.41) is 2.62. The van der Waals surface area contributed by atoms with Crippen LogP contribution in [0.3, 0.4) is 0 Å². The largest absolute Gasteiger partial charge is 0.495 e. The number of ether oxygens (including phenoxy) is 2. The Morgan fingerprint density at radius 2 is 1.86 bits per heavy atom. The van der Waals surface area contributed by atoms with Crippen LogP contribution in [0, 0.1) is 6.92 Å². The fourth-order valence-corrected chi connectivity index (χ4v) is 3.15. The van der Waals surface area contributed by atoms with Crippen LogP contribution >= 0.6 is 11.6 Å². The number of methoxy groups -OCH3 is 1. The number of nitrogens with zero attached hydrogens (tertiary/aromatic N) is 1. The fourth-order valence-electron chi connectivity index (χ4n) is 2.93. The molecule has 8 heteroatoms. The lowest BCUT2D eigenvalue weighted by Gasteiger charge is -2.18. The van der Waals surface area contributed by atoms with Crippen molar-refractivity contribution in [1.82, 2.24) is 0 Å². The Kier molecular flexibility index (Phi) is 5.89. The molecule has 2 aromatic carbocycles. The van der Waals surface area contributed by atoms with Crippen molar-refractivity contribution in [2.75, 3.05) is 23.9 Å². The van der Waals surface area contributed by atoms with Crippen LogP contribution in [0.15, 0.2) is 53.2 Å². The van der Waals surface area contributed by atoms with Crippen molar-refractivity contribution >= 4 is 40.8 Å². The molecule has 2 amide bonds. The number of esters is 1. The van der Waals surface area contributed by atoms with Crippen LogP contribution in [0.2, 0.25) is 0 Å². The number of benzene rings is 2. The van der Waals surface area contributed by atoms with Crippen molar-refractivity contribution in [1.29, 1.82) is 0 Å². The second kappa shape index (κ2) is 8.36. The van der Waals surface area contributed by atoms with Crippen LogP contribution in [0.25, 0.3) is 0 Å². The summed E-state index contributed by atoms with van der Waals surface area (Å²) in [4.78, 5) is 38.9. The number of para-hydroxylation sites is 1. The summed E-state index contributed by atoms with van der Waals surface area (Å²) >= 11 is 6.19. The van der Waals surface area contributed by atoms with E-state index in [9.17, 15) is 14.4 Å². The third-order valence-electron chi connectivity index (χ3n) is 4.28. The average molecular weight is 415 g/mol. The number of hydrogen-bond donors (Lipinski definition) is 1. The average Bonchev–Trinajstić information content (AvgIpc) is 2.91. The van der Waals surface area contributed by atoms with Crippen molar-refractivity contribution in [3.63, 3.8) is 0 Å². The van der Waals surface area contributed by atoms with E-state index in [-0.39, 0.29) is 28.6 Å². The van der Waals surface area contributed by atoms with E-state index in [2.05, 4.69) is 5.32 Å². The van der Waals surface area contributed by atoms with Gasteiger partial charge in [-0.3, -0.25) is 9.59 Å². The molecule has 0 aliphatic carbocycles. The van der Waals surface area contributed by atoms with Crippen LogP contribution in [0.1, 0.15) is 22.8 Å². The fraction of sp³-hybridized carbons (Fsp3) is 0.190. The summed E-state index contributed by atoms with van der Waals surface area (Å²) in [5.74, 6) is -1.57. The Morgan fingerprint density at radius 3 is 2.55 bits per heavy atom. The lowest BCUT2D eigenvalue weighted by atomic mass is 10.1. The van der Waals surface area contributed by atoms with Gasteiger partial charge in [-0.15, -0.1) is 0 Å². The predicted molar refractivity (Wildman–Crippen MR) is 109 cm³/mol. The molecule has 0 atom stereocenters. The third kappa shape index (κ3) is 3.82. The van der Waals surface area contributed by atoms with E-state index in [1.807, 2.05) is 13.0 Å². The van der Waals surface area contributed by atoms with Crippen molar-refractivity contribution in [3.05, 3.63) is 64.3 Å². The number of aryl methyl sites for hydroxylation is 1. The van der Waals surface area contributed by atoms with Crippen LogP contribution < -0.4 is 15.0 Å². The highest BCUT2D eigenvalue weighted by Gasteiger charge is 2.40. The van der Waals surface area contributed by atoms with Gasteiger partial charge in [-0.25, -0.2) is 9.69 Å². The van der Waals surface area contributed by atoms with Crippen molar-refractivity contribution in [2.24, 2.45) is 0 Å². The van der Waals surface area contributed by atoms with E-state index < -0.39 is 17.8 Å². The molecule has 7 nitrogen and oxygen atoms in total. The smallest absolute Gasteiger partial charge is 0.340 e. The highest BCUT2D eigenvalue weighted by Crippen LogP contribution is 2.34. The van der Waals surface area contributed by atoms with Gasteiger partial charge in [0.15, 0.2) is 0 Å². The third-order valence-corrected chi connectivity index (χ3v) is 4.63. The van der Waals surface area contributed by atoms with Gasteiger partial charge in [-0.1, -0.05) is 29.8 Å². The van der Waals surface area contributed by atoms with Gasteiger partial charge in [0, 0.05) is 0 Å². The highest BCUT2D eigenvalue weighted by molar-refractivity contribution is 6.53. The molecular formula is C21H19ClN2O5. The maximum absolute atomic E-state index is 13.1. The molecule has 29 heavy (non-hydrogen) atoms. The van der Waals surface area contributed by atoms with Gasteiger partial charge in [0.05, 0.1) is 30.7 Å². The zero-order chi connectivity index (χ0) is 21.1. The number of halogens is 1. The Labute approximate surface area is 172 Å². The normalized spacial score (nSPS) is 13.7. The molecule has 0 aromatic heterocycles. The number of carbonyl (C=O) groups is 3. The summed E-state index contributed by atoms with van der Waals surface area (Å²) in [6.07, 6.45) is 0. The Morgan fingerprint density at radius 1 is 1.14 bits per heavy atom. The predicted octanol–water partition coefficient (Wildman–Crippen LogP) is 3.62. The molecule has 0 fully saturated rings. The Bertz CT molecular complexity index is 1030. The van der Waals surface area contributed by atoms with E-state index >= 15 is 0 Å². The molecule has 1 heterocycles. The molecule has 1 aliphatic heterocycles. The zero-order valence-corrected chi connectivity index (χ0v) is 16.9. The van der Waals surface area contributed by atoms with Crippen molar-refractivity contribution < 1.29 is 23.9 Å². The highest BCUT2D eigenvalue weighted by atomic mass is 35.5. The summed E-state index contributed by atoms with van der Waals surface area (Å²) in [6.45, 7) is 3.71. The monoisotopic (exact) mass is 414 g/mol. The second-order valence-corrected chi connectivity index (χ2v) is 6.58. The van der Waals surface area contributed by atoms with E-state index in [0.29, 0.717) is 11.4 Å². The first-order valence-corrected chi connectivity index (χ1v) is 9.23. The zero-order valence-electron chi connectivity index (χ0n) is 16.1. The summed E-state index contributed by atoms with van der Waals surface area (Å²) in [6, 6.07) is 11.6. The van der Waals surface area contributed by atoms with Gasteiger partial charge < -0.3 is 14.8 Å². The maximum Gasteiger partial charge on any atom is 0.340 e. The van der Waals surface area contributed by atoms with Crippen LogP contribution in [0.4, 0.5) is 11.4 Å². The summed E-state index contributed by atoms with van der Waals surface area (Å²) < 4.78 is 10.3. The first-order valence-electron chi connectivity index (χ1n) is 8.85. The summed E-state index contributed by atoms with van der Waals surface area (Å²) in [7, 11) is 1.50. The van der Waals surface area contributed by atoms with Crippen LogP contribution in [-0.4, -0.2) is 31.5 Å². The maximum atomic E-state index is 13.1. The van der Waals surface area contributed by atoms with E-state index in [4.69, 9.17) is 21.1 Å². The minimum absolute atomic E-state index is 0.0925. The number of nitrogens with one attached hydrogen (secondary N) is 1. The molecule has 1 N–H and O–H groups in total. The Balaban J connectivity index is 1.99. The first kappa shape index (κ1) is 20.4. The number of anilines is 2. The van der Waals surface area contributed by atoms with E-state index in [1.165, 1.54) is 19.2 Å². The number of imide groups is 1. The number of hydrogen-bond acceptors (Lipinski definition) is 6.